The van der Waals surface area contributed by atoms with E-state index < -0.39 is 0 Å². The first-order valence-corrected chi connectivity index (χ1v) is 7.13. The maximum Gasteiger partial charge on any atom is 0.161 e. The second kappa shape index (κ2) is 5.80. The van der Waals surface area contributed by atoms with Gasteiger partial charge in [-0.2, -0.15) is 0 Å². The number of rotatable bonds is 3. The molecular formula is C15H22N2O2. The van der Waals surface area contributed by atoms with Crippen molar-refractivity contribution in [2.75, 3.05) is 33.3 Å². The van der Waals surface area contributed by atoms with Gasteiger partial charge in [-0.05, 0) is 38.6 Å². The normalized spacial score (nSPS) is 27.2. The molecule has 4 heteroatoms. The van der Waals surface area contributed by atoms with Crippen molar-refractivity contribution in [1.29, 1.82) is 0 Å². The quantitative estimate of drug-likeness (QED) is 0.895. The zero-order valence-electron chi connectivity index (χ0n) is 11.5. The van der Waals surface area contributed by atoms with Crippen LogP contribution < -0.4 is 14.8 Å². The largest absolute Gasteiger partial charge is 0.486 e. The Morgan fingerprint density at radius 3 is 3.00 bits per heavy atom. The Kier molecular flexibility index (Phi) is 3.89. The Hall–Kier alpha value is -1.26. The molecule has 0 bridgehead atoms. The topological polar surface area (TPSA) is 33.7 Å². The van der Waals surface area contributed by atoms with Gasteiger partial charge in [0, 0.05) is 19.1 Å². The van der Waals surface area contributed by atoms with E-state index >= 15 is 0 Å². The molecular weight excluding hydrogens is 240 g/mol. The number of piperidine rings is 1. The van der Waals surface area contributed by atoms with Crippen LogP contribution in [0.3, 0.4) is 0 Å². The standard InChI is InChI=1S/C15H22N2O2/c1-16-12-5-4-8-17(9-12)10-13-11-18-14-6-2-3-7-15(14)19-13/h2-3,6-7,12-13,16H,4-5,8-11H2,1H3. The molecule has 1 aromatic rings. The molecule has 1 N–H and O–H groups in total. The first-order valence-electron chi connectivity index (χ1n) is 7.13. The Labute approximate surface area is 114 Å². The number of likely N-dealkylation sites (N-methyl/N-ethyl adjacent to an activating group) is 1. The van der Waals surface area contributed by atoms with Crippen LogP contribution in [0.2, 0.25) is 0 Å². The van der Waals surface area contributed by atoms with Crippen molar-refractivity contribution in [1.82, 2.24) is 10.2 Å². The minimum absolute atomic E-state index is 0.144. The second-order valence-electron chi connectivity index (χ2n) is 5.39. The third-order valence-electron chi connectivity index (χ3n) is 3.94. The van der Waals surface area contributed by atoms with Gasteiger partial charge in [-0.15, -0.1) is 0 Å². The molecule has 0 aliphatic carbocycles. The van der Waals surface area contributed by atoms with Crippen LogP contribution in [0, 0.1) is 0 Å². The summed E-state index contributed by atoms with van der Waals surface area (Å²) < 4.78 is 11.8. The van der Waals surface area contributed by atoms with Crippen LogP contribution >= 0.6 is 0 Å². The zero-order valence-corrected chi connectivity index (χ0v) is 11.5. The van der Waals surface area contributed by atoms with Crippen LogP contribution in [0.4, 0.5) is 0 Å². The number of nitrogens with one attached hydrogen (secondary N) is 1. The summed E-state index contributed by atoms with van der Waals surface area (Å²) in [5, 5.41) is 3.37. The minimum atomic E-state index is 0.144. The van der Waals surface area contributed by atoms with E-state index in [0.29, 0.717) is 12.6 Å². The Morgan fingerprint density at radius 1 is 1.32 bits per heavy atom. The minimum Gasteiger partial charge on any atom is -0.486 e. The van der Waals surface area contributed by atoms with Crippen LogP contribution in [-0.2, 0) is 0 Å². The SMILES string of the molecule is CNC1CCCN(CC2COc3ccccc3O2)C1. The van der Waals surface area contributed by atoms with Gasteiger partial charge in [0.15, 0.2) is 11.5 Å². The molecule has 0 spiro atoms. The molecule has 1 aromatic carbocycles. The number of para-hydroxylation sites is 2. The highest BCUT2D eigenvalue weighted by molar-refractivity contribution is 5.40. The lowest BCUT2D eigenvalue weighted by Gasteiger charge is -2.36. The number of hydrogen-bond acceptors (Lipinski definition) is 4. The molecule has 3 rings (SSSR count). The third kappa shape index (κ3) is 3.01. The molecule has 0 saturated carbocycles. The van der Waals surface area contributed by atoms with E-state index in [9.17, 15) is 0 Å². The molecule has 2 heterocycles. The van der Waals surface area contributed by atoms with Crippen LogP contribution in [0.25, 0.3) is 0 Å². The van der Waals surface area contributed by atoms with Gasteiger partial charge in [-0.1, -0.05) is 12.1 Å². The first kappa shape index (κ1) is 12.8. The lowest BCUT2D eigenvalue weighted by Crippen LogP contribution is -2.49. The maximum absolute atomic E-state index is 6.02. The highest BCUT2D eigenvalue weighted by Crippen LogP contribution is 2.31. The molecule has 2 aliphatic heterocycles. The lowest BCUT2D eigenvalue weighted by atomic mass is 10.1. The fourth-order valence-corrected chi connectivity index (χ4v) is 2.90. The molecule has 1 fully saturated rings. The lowest BCUT2D eigenvalue weighted by molar-refractivity contribution is 0.0491. The van der Waals surface area contributed by atoms with Gasteiger partial charge in [0.05, 0.1) is 0 Å². The molecule has 1 saturated heterocycles. The van der Waals surface area contributed by atoms with Crippen molar-refractivity contribution in [2.45, 2.75) is 25.0 Å². The van der Waals surface area contributed by atoms with Gasteiger partial charge in [-0.25, -0.2) is 0 Å². The highest BCUT2D eigenvalue weighted by Gasteiger charge is 2.25. The molecule has 2 atom stereocenters. The van der Waals surface area contributed by atoms with Crippen molar-refractivity contribution in [3.05, 3.63) is 24.3 Å². The summed E-state index contributed by atoms with van der Waals surface area (Å²) >= 11 is 0. The van der Waals surface area contributed by atoms with Gasteiger partial charge >= 0.3 is 0 Å². The fourth-order valence-electron chi connectivity index (χ4n) is 2.90. The van der Waals surface area contributed by atoms with E-state index in [1.807, 2.05) is 31.3 Å². The number of benzene rings is 1. The van der Waals surface area contributed by atoms with Gasteiger partial charge < -0.3 is 14.8 Å². The van der Waals surface area contributed by atoms with Crippen molar-refractivity contribution in [3.8, 4) is 11.5 Å². The smallest absolute Gasteiger partial charge is 0.161 e. The number of likely N-dealkylation sites (tertiary alicyclic amines) is 1. The number of fused-ring (bicyclic) bond motifs is 1. The Morgan fingerprint density at radius 2 is 2.16 bits per heavy atom. The van der Waals surface area contributed by atoms with E-state index in [4.69, 9.17) is 9.47 Å². The summed E-state index contributed by atoms with van der Waals surface area (Å²) in [6, 6.07) is 8.52. The molecule has 19 heavy (non-hydrogen) atoms. The van der Waals surface area contributed by atoms with E-state index in [-0.39, 0.29) is 6.10 Å². The van der Waals surface area contributed by atoms with Crippen LogP contribution in [0.5, 0.6) is 11.5 Å². The molecule has 0 aromatic heterocycles. The predicted molar refractivity (Wildman–Crippen MR) is 74.9 cm³/mol. The first-order chi connectivity index (χ1) is 9.35. The zero-order chi connectivity index (χ0) is 13.1. The molecule has 2 aliphatic rings. The summed E-state index contributed by atoms with van der Waals surface area (Å²) in [5.74, 6) is 1.74. The summed E-state index contributed by atoms with van der Waals surface area (Å²) in [5.41, 5.74) is 0. The Balaban J connectivity index is 1.57. The third-order valence-corrected chi connectivity index (χ3v) is 3.94. The van der Waals surface area contributed by atoms with Crippen LogP contribution in [0.1, 0.15) is 12.8 Å². The van der Waals surface area contributed by atoms with E-state index in [0.717, 1.165) is 24.6 Å². The summed E-state index contributed by atoms with van der Waals surface area (Å²) in [7, 11) is 2.05. The Bertz CT molecular complexity index is 424. The van der Waals surface area contributed by atoms with Gasteiger partial charge in [0.1, 0.15) is 12.7 Å². The van der Waals surface area contributed by atoms with Crippen molar-refractivity contribution < 1.29 is 9.47 Å². The molecule has 0 radical (unpaired) electrons. The average molecular weight is 262 g/mol. The summed E-state index contributed by atoms with van der Waals surface area (Å²) in [6.45, 7) is 3.88. The van der Waals surface area contributed by atoms with E-state index in [1.54, 1.807) is 0 Å². The number of ether oxygens (including phenoxy) is 2. The molecule has 104 valence electrons. The molecule has 4 nitrogen and oxygen atoms in total. The monoisotopic (exact) mass is 262 g/mol. The van der Waals surface area contributed by atoms with Gasteiger partial charge in [-0.3, -0.25) is 4.90 Å². The molecule has 0 amide bonds. The van der Waals surface area contributed by atoms with Gasteiger partial charge in [0.25, 0.3) is 0 Å². The van der Waals surface area contributed by atoms with Crippen LogP contribution in [-0.4, -0.2) is 50.3 Å². The average Bonchev–Trinajstić information content (AvgIpc) is 2.47. The number of hydrogen-bond donors (Lipinski definition) is 1. The van der Waals surface area contributed by atoms with E-state index in [2.05, 4.69) is 10.2 Å². The van der Waals surface area contributed by atoms with Crippen molar-refractivity contribution in [3.63, 3.8) is 0 Å². The van der Waals surface area contributed by atoms with Crippen LogP contribution in [0.15, 0.2) is 24.3 Å². The predicted octanol–water partition coefficient (Wildman–Crippen LogP) is 1.51. The fraction of sp³-hybridized carbons (Fsp3) is 0.600. The number of nitrogens with zero attached hydrogens (tertiary/aromatic N) is 1. The second-order valence-corrected chi connectivity index (χ2v) is 5.39. The summed E-state index contributed by atoms with van der Waals surface area (Å²) in [6.07, 6.45) is 2.68. The molecule has 2 unspecified atom stereocenters. The summed E-state index contributed by atoms with van der Waals surface area (Å²) in [4.78, 5) is 2.48. The highest BCUT2D eigenvalue weighted by atomic mass is 16.6. The van der Waals surface area contributed by atoms with Crippen molar-refractivity contribution in [2.24, 2.45) is 0 Å². The van der Waals surface area contributed by atoms with E-state index in [1.165, 1.54) is 19.4 Å². The van der Waals surface area contributed by atoms with Crippen molar-refractivity contribution >= 4 is 0 Å². The van der Waals surface area contributed by atoms with Gasteiger partial charge in [0.2, 0.25) is 0 Å². The maximum atomic E-state index is 6.02.